The van der Waals surface area contributed by atoms with Crippen molar-refractivity contribution >= 4 is 28.5 Å². The van der Waals surface area contributed by atoms with Gasteiger partial charge in [-0.3, -0.25) is 0 Å². The maximum Gasteiger partial charge on any atom is 0.351 e. The SMILES string of the molecule is O=C(O)c1c(-c2ccccc2F)c2cc(Cl)ccc2oc1=O. The van der Waals surface area contributed by atoms with Gasteiger partial charge in [0, 0.05) is 21.5 Å². The molecule has 0 saturated carbocycles. The maximum absolute atomic E-state index is 14.1. The third kappa shape index (κ3) is 2.25. The zero-order valence-corrected chi connectivity index (χ0v) is 11.7. The van der Waals surface area contributed by atoms with E-state index in [9.17, 15) is 19.1 Å². The lowest BCUT2D eigenvalue weighted by atomic mass is 9.96. The van der Waals surface area contributed by atoms with E-state index >= 15 is 0 Å². The summed E-state index contributed by atoms with van der Waals surface area (Å²) in [7, 11) is 0. The lowest BCUT2D eigenvalue weighted by Gasteiger charge is -2.10. The summed E-state index contributed by atoms with van der Waals surface area (Å²) < 4.78 is 19.1. The van der Waals surface area contributed by atoms with Crippen molar-refractivity contribution in [2.45, 2.75) is 0 Å². The lowest BCUT2D eigenvalue weighted by Crippen LogP contribution is -2.16. The first kappa shape index (κ1) is 14.3. The first-order valence-electron chi connectivity index (χ1n) is 6.23. The number of fused-ring (bicyclic) bond motifs is 1. The minimum Gasteiger partial charge on any atom is -0.477 e. The molecule has 0 aliphatic heterocycles. The van der Waals surface area contributed by atoms with Gasteiger partial charge in [-0.15, -0.1) is 0 Å². The second-order valence-electron chi connectivity index (χ2n) is 4.56. The molecule has 0 radical (unpaired) electrons. The van der Waals surface area contributed by atoms with E-state index in [1.165, 1.54) is 36.4 Å². The van der Waals surface area contributed by atoms with Crippen LogP contribution < -0.4 is 5.63 Å². The zero-order chi connectivity index (χ0) is 15.9. The van der Waals surface area contributed by atoms with E-state index in [0.717, 1.165) is 0 Å². The molecule has 0 aliphatic rings. The van der Waals surface area contributed by atoms with Gasteiger partial charge in [-0.05, 0) is 24.3 Å². The largest absolute Gasteiger partial charge is 0.477 e. The van der Waals surface area contributed by atoms with Crippen molar-refractivity contribution in [2.24, 2.45) is 0 Å². The number of hydrogen-bond donors (Lipinski definition) is 1. The van der Waals surface area contributed by atoms with Gasteiger partial charge in [-0.2, -0.15) is 0 Å². The summed E-state index contributed by atoms with van der Waals surface area (Å²) in [4.78, 5) is 23.4. The lowest BCUT2D eigenvalue weighted by molar-refractivity contribution is 0.0693. The molecule has 0 bridgehead atoms. The molecule has 1 heterocycles. The predicted octanol–water partition coefficient (Wildman–Crippen LogP) is 3.95. The molecule has 3 aromatic rings. The Bertz CT molecular complexity index is 962. The van der Waals surface area contributed by atoms with E-state index in [-0.39, 0.29) is 22.1 Å². The van der Waals surface area contributed by atoms with Gasteiger partial charge >= 0.3 is 11.6 Å². The van der Waals surface area contributed by atoms with E-state index in [4.69, 9.17) is 16.0 Å². The third-order valence-corrected chi connectivity index (χ3v) is 3.46. The summed E-state index contributed by atoms with van der Waals surface area (Å²) in [5.74, 6) is -2.13. The third-order valence-electron chi connectivity index (χ3n) is 3.22. The average molecular weight is 319 g/mol. The molecule has 0 spiro atoms. The summed E-state index contributed by atoms with van der Waals surface area (Å²) in [6.07, 6.45) is 0. The summed E-state index contributed by atoms with van der Waals surface area (Å²) in [6, 6.07) is 9.99. The zero-order valence-electron chi connectivity index (χ0n) is 11.0. The molecule has 0 fully saturated rings. The number of carboxylic acids is 1. The molecule has 6 heteroatoms. The van der Waals surface area contributed by atoms with Crippen LogP contribution in [0.3, 0.4) is 0 Å². The van der Waals surface area contributed by atoms with E-state index in [1.807, 2.05) is 0 Å². The molecule has 0 aliphatic carbocycles. The first-order chi connectivity index (χ1) is 10.5. The van der Waals surface area contributed by atoms with Crippen LogP contribution in [0.4, 0.5) is 4.39 Å². The van der Waals surface area contributed by atoms with Crippen LogP contribution in [0.15, 0.2) is 51.7 Å². The molecule has 0 unspecified atom stereocenters. The number of hydrogen-bond acceptors (Lipinski definition) is 3. The van der Waals surface area contributed by atoms with Gasteiger partial charge in [-0.25, -0.2) is 14.0 Å². The summed E-state index contributed by atoms with van der Waals surface area (Å²) in [5, 5.41) is 9.89. The highest BCUT2D eigenvalue weighted by molar-refractivity contribution is 6.31. The van der Waals surface area contributed by atoms with Crippen LogP contribution in [0.25, 0.3) is 22.1 Å². The second-order valence-corrected chi connectivity index (χ2v) is 5.00. The molecular formula is C16H8ClFO4. The molecular weight excluding hydrogens is 311 g/mol. The number of halogens is 2. The van der Waals surface area contributed by atoms with Gasteiger partial charge in [0.25, 0.3) is 0 Å². The minimum atomic E-state index is -1.49. The fourth-order valence-electron chi connectivity index (χ4n) is 2.31. The molecule has 0 amide bonds. The molecule has 22 heavy (non-hydrogen) atoms. The molecule has 110 valence electrons. The van der Waals surface area contributed by atoms with Crippen molar-refractivity contribution in [1.29, 1.82) is 0 Å². The minimum absolute atomic E-state index is 0.0000617. The number of aromatic carboxylic acids is 1. The monoisotopic (exact) mass is 318 g/mol. The van der Waals surface area contributed by atoms with Gasteiger partial charge < -0.3 is 9.52 Å². The fraction of sp³-hybridized carbons (Fsp3) is 0. The Morgan fingerprint density at radius 2 is 1.91 bits per heavy atom. The van der Waals surface area contributed by atoms with Gasteiger partial charge in [0.15, 0.2) is 5.56 Å². The van der Waals surface area contributed by atoms with Crippen LogP contribution in [-0.4, -0.2) is 11.1 Å². The molecule has 1 N–H and O–H groups in total. The van der Waals surface area contributed by atoms with Crippen molar-refractivity contribution in [3.63, 3.8) is 0 Å². The first-order valence-corrected chi connectivity index (χ1v) is 6.61. The molecule has 0 saturated heterocycles. The van der Waals surface area contributed by atoms with Gasteiger partial charge in [-0.1, -0.05) is 29.8 Å². The van der Waals surface area contributed by atoms with Crippen molar-refractivity contribution in [2.75, 3.05) is 0 Å². The Morgan fingerprint density at radius 1 is 1.18 bits per heavy atom. The Hall–Kier alpha value is -2.66. The molecule has 0 atom stereocenters. The summed E-state index contributed by atoms with van der Waals surface area (Å²) in [6.45, 7) is 0. The number of carbonyl (C=O) groups is 1. The maximum atomic E-state index is 14.1. The van der Waals surface area contributed by atoms with Gasteiger partial charge in [0.1, 0.15) is 11.4 Å². The van der Waals surface area contributed by atoms with Crippen LogP contribution in [0.2, 0.25) is 5.02 Å². The van der Waals surface area contributed by atoms with E-state index < -0.39 is 23.0 Å². The van der Waals surface area contributed by atoms with Gasteiger partial charge in [0.2, 0.25) is 0 Å². The Kier molecular flexibility index (Phi) is 3.42. The topological polar surface area (TPSA) is 67.5 Å². The molecule has 2 aromatic carbocycles. The van der Waals surface area contributed by atoms with Crippen LogP contribution in [0.5, 0.6) is 0 Å². The van der Waals surface area contributed by atoms with Crippen molar-refractivity contribution in [1.82, 2.24) is 0 Å². The normalized spacial score (nSPS) is 10.8. The number of benzene rings is 2. The van der Waals surface area contributed by atoms with Crippen molar-refractivity contribution < 1.29 is 18.7 Å². The smallest absolute Gasteiger partial charge is 0.351 e. The van der Waals surface area contributed by atoms with Crippen molar-refractivity contribution in [3.05, 3.63) is 69.3 Å². The highest BCUT2D eigenvalue weighted by Crippen LogP contribution is 2.33. The van der Waals surface area contributed by atoms with Crippen LogP contribution >= 0.6 is 11.6 Å². The van der Waals surface area contributed by atoms with E-state index in [1.54, 1.807) is 6.07 Å². The highest BCUT2D eigenvalue weighted by Gasteiger charge is 2.23. The summed E-state index contributed by atoms with van der Waals surface area (Å²) >= 11 is 5.93. The molecule has 4 nitrogen and oxygen atoms in total. The fourth-order valence-corrected chi connectivity index (χ4v) is 2.48. The van der Waals surface area contributed by atoms with Crippen LogP contribution in [-0.2, 0) is 0 Å². The average Bonchev–Trinajstić information content (AvgIpc) is 2.47. The standard InChI is InChI=1S/C16H8ClFO4/c17-8-5-6-12-10(7-8)13(9-3-1-2-4-11(9)18)14(15(19)20)16(21)22-12/h1-7H,(H,19,20). The number of carboxylic acid groups (broad SMARTS) is 1. The predicted molar refractivity (Wildman–Crippen MR) is 79.8 cm³/mol. The van der Waals surface area contributed by atoms with E-state index in [0.29, 0.717) is 5.02 Å². The van der Waals surface area contributed by atoms with Crippen molar-refractivity contribution in [3.8, 4) is 11.1 Å². The number of rotatable bonds is 2. The Balaban J connectivity index is 2.57. The molecule has 3 rings (SSSR count). The summed E-state index contributed by atoms with van der Waals surface area (Å²) in [5.41, 5.74) is -1.57. The molecule has 1 aromatic heterocycles. The van der Waals surface area contributed by atoms with Crippen LogP contribution in [0, 0.1) is 5.82 Å². The van der Waals surface area contributed by atoms with E-state index in [2.05, 4.69) is 0 Å². The Morgan fingerprint density at radius 3 is 2.59 bits per heavy atom. The Labute approximate surface area is 128 Å². The second kappa shape index (κ2) is 5.27. The quantitative estimate of drug-likeness (QED) is 0.726. The van der Waals surface area contributed by atoms with Gasteiger partial charge in [0.05, 0.1) is 0 Å². The van der Waals surface area contributed by atoms with Crippen LogP contribution in [0.1, 0.15) is 10.4 Å². The highest BCUT2D eigenvalue weighted by atomic mass is 35.5.